The monoisotopic (exact) mass is 963 g/mol. The number of aliphatic hydroxyl groups is 1. The van der Waals surface area contributed by atoms with Gasteiger partial charge in [0.2, 0.25) is 20.9 Å². The first-order chi connectivity index (χ1) is 28.1. The average Bonchev–Trinajstić information content (AvgIpc) is 3.66. The molecule has 0 spiro atoms. The van der Waals surface area contributed by atoms with E-state index in [0.717, 1.165) is 9.87 Å². The maximum atomic E-state index is 15.7. The fourth-order valence-electron chi connectivity index (χ4n) is 5.95. The molecule has 0 saturated heterocycles. The third-order valence-corrected chi connectivity index (χ3v) is 12.5. The number of rotatable bonds is 18. The number of aromatic nitrogens is 4. The van der Waals surface area contributed by atoms with Crippen molar-refractivity contribution >= 4 is 55.3 Å². The molecule has 0 aliphatic rings. The molecule has 5 rings (SSSR count). The Balaban J connectivity index is 1.74. The van der Waals surface area contributed by atoms with E-state index in [2.05, 4.69) is 20.8 Å². The van der Waals surface area contributed by atoms with Crippen molar-refractivity contribution in [3.8, 4) is 28.6 Å². The molecule has 0 bridgehead atoms. The first-order valence-electron chi connectivity index (χ1n) is 18.1. The van der Waals surface area contributed by atoms with Crippen LogP contribution in [0.3, 0.4) is 0 Å². The van der Waals surface area contributed by atoms with Crippen LogP contribution in [0.1, 0.15) is 37.5 Å². The highest BCUT2D eigenvalue weighted by molar-refractivity contribution is 14.1. The fourth-order valence-corrected chi connectivity index (χ4v) is 9.42. The molecule has 316 valence electrons. The minimum Gasteiger partial charge on any atom is -0.497 e. The second-order valence-corrected chi connectivity index (χ2v) is 18.1. The molecule has 0 aliphatic heterocycles. The van der Waals surface area contributed by atoms with E-state index < -0.39 is 56.7 Å². The van der Waals surface area contributed by atoms with Gasteiger partial charge in [0.25, 0.3) is 0 Å². The SMILES string of the molecule is COc1ccc(CN(Cc2ccc(OC)cc2)S(=O)(=O)c2c(N([C@@H](CO)COC(=O)NC(C)(C)C)[SH](=O)=O)ccc(I)c2-c2nnnn2Cc2ccc(OC)cc2)cc1. The van der Waals surface area contributed by atoms with Gasteiger partial charge in [0.05, 0.1) is 45.7 Å². The van der Waals surface area contributed by atoms with Crippen molar-refractivity contribution in [3.63, 3.8) is 0 Å². The summed E-state index contributed by atoms with van der Waals surface area (Å²) in [4.78, 5) is 12.2. The number of anilines is 1. The smallest absolute Gasteiger partial charge is 0.407 e. The zero-order chi connectivity index (χ0) is 42.9. The molecule has 0 saturated carbocycles. The van der Waals surface area contributed by atoms with E-state index in [1.54, 1.807) is 101 Å². The predicted molar refractivity (Wildman–Crippen MR) is 228 cm³/mol. The molecule has 20 heteroatoms. The number of nitrogens with one attached hydrogen (secondary N) is 1. The number of sulfonamides is 1. The lowest BCUT2D eigenvalue weighted by molar-refractivity contribution is 0.120. The maximum Gasteiger partial charge on any atom is 0.407 e. The molecule has 1 heterocycles. The van der Waals surface area contributed by atoms with E-state index in [0.29, 0.717) is 31.9 Å². The molecule has 0 radical (unpaired) electrons. The third kappa shape index (κ3) is 11.4. The Morgan fingerprint density at radius 3 is 1.81 bits per heavy atom. The quantitative estimate of drug-likeness (QED) is 0.0811. The Bertz CT molecular complexity index is 2330. The van der Waals surface area contributed by atoms with Crippen LogP contribution in [0, 0.1) is 3.57 Å². The number of aliphatic hydroxyl groups excluding tert-OH is 1. The van der Waals surface area contributed by atoms with E-state index >= 15 is 8.42 Å². The van der Waals surface area contributed by atoms with Gasteiger partial charge in [0, 0.05) is 22.2 Å². The van der Waals surface area contributed by atoms with E-state index in [1.165, 1.54) is 35.3 Å². The Kier molecular flexibility index (Phi) is 15.1. The summed E-state index contributed by atoms with van der Waals surface area (Å²) in [5.74, 6) is 1.77. The summed E-state index contributed by atoms with van der Waals surface area (Å²) in [5, 5.41) is 25.7. The van der Waals surface area contributed by atoms with Gasteiger partial charge < -0.3 is 29.4 Å². The summed E-state index contributed by atoms with van der Waals surface area (Å²) in [7, 11) is -3.88. The third-order valence-electron chi connectivity index (χ3n) is 8.83. The Morgan fingerprint density at radius 1 is 0.847 bits per heavy atom. The Labute approximate surface area is 358 Å². The van der Waals surface area contributed by atoms with Gasteiger partial charge in [-0.2, -0.15) is 4.31 Å². The van der Waals surface area contributed by atoms with Crippen molar-refractivity contribution in [3.05, 3.63) is 105 Å². The minimum absolute atomic E-state index is 0.000933. The number of tetrazole rings is 1. The minimum atomic E-state index is -4.78. The lowest BCUT2D eigenvalue weighted by Gasteiger charge is -2.31. The van der Waals surface area contributed by atoms with E-state index in [4.69, 9.17) is 18.9 Å². The Morgan fingerprint density at radius 2 is 1.36 bits per heavy atom. The van der Waals surface area contributed by atoms with Gasteiger partial charge in [0.15, 0.2) is 5.82 Å². The summed E-state index contributed by atoms with van der Waals surface area (Å²) in [5.41, 5.74) is 0.934. The van der Waals surface area contributed by atoms with Crippen molar-refractivity contribution in [2.24, 2.45) is 0 Å². The molecule has 1 aromatic heterocycles. The number of hydrogen-bond acceptors (Lipinski definition) is 13. The van der Waals surface area contributed by atoms with Crippen molar-refractivity contribution < 1.29 is 45.7 Å². The first kappa shape index (κ1) is 45.1. The molecule has 0 unspecified atom stereocenters. The van der Waals surface area contributed by atoms with Crippen LogP contribution in [0.5, 0.6) is 17.2 Å². The Hall–Kier alpha value is -5.03. The lowest BCUT2D eigenvalue weighted by atomic mass is 10.1. The molecule has 17 nitrogen and oxygen atoms in total. The van der Waals surface area contributed by atoms with Crippen LogP contribution < -0.4 is 23.8 Å². The molecule has 0 fully saturated rings. The number of carbonyl (C=O) groups excluding carboxylic acids is 1. The maximum absolute atomic E-state index is 15.7. The van der Waals surface area contributed by atoms with Crippen molar-refractivity contribution in [1.29, 1.82) is 0 Å². The van der Waals surface area contributed by atoms with Gasteiger partial charge >= 0.3 is 6.09 Å². The first-order valence-corrected chi connectivity index (χ1v) is 21.7. The number of amides is 1. The van der Waals surface area contributed by atoms with Crippen LogP contribution in [-0.2, 0) is 45.3 Å². The number of hydrogen-bond donors (Lipinski definition) is 3. The highest BCUT2D eigenvalue weighted by atomic mass is 127. The molecule has 2 N–H and O–H groups in total. The number of benzene rings is 4. The molecule has 1 amide bonds. The zero-order valence-electron chi connectivity index (χ0n) is 33.2. The molecular formula is C39H46IN7O10S2. The van der Waals surface area contributed by atoms with Gasteiger partial charge in [-0.15, -0.1) is 5.10 Å². The highest BCUT2D eigenvalue weighted by Crippen LogP contribution is 2.41. The number of nitrogens with zero attached hydrogens (tertiary/aromatic N) is 6. The number of ether oxygens (including phenoxy) is 4. The van der Waals surface area contributed by atoms with Crippen LogP contribution >= 0.6 is 22.6 Å². The van der Waals surface area contributed by atoms with Crippen molar-refractivity contribution in [1.82, 2.24) is 29.8 Å². The molecule has 59 heavy (non-hydrogen) atoms. The van der Waals surface area contributed by atoms with Crippen LogP contribution in [0.15, 0.2) is 89.8 Å². The molecule has 4 aromatic carbocycles. The fraction of sp³-hybridized carbons (Fsp3) is 0.333. The van der Waals surface area contributed by atoms with Crippen LogP contribution in [0.2, 0.25) is 0 Å². The van der Waals surface area contributed by atoms with Gasteiger partial charge in [-0.05, 0) is 119 Å². The summed E-state index contributed by atoms with van der Waals surface area (Å²) >= 11 is 1.96. The van der Waals surface area contributed by atoms with E-state index in [-0.39, 0.29) is 36.7 Å². The van der Waals surface area contributed by atoms with Crippen LogP contribution in [0.25, 0.3) is 11.4 Å². The van der Waals surface area contributed by atoms with Crippen molar-refractivity contribution in [2.45, 2.75) is 56.9 Å². The van der Waals surface area contributed by atoms with Crippen LogP contribution in [-0.4, -0.2) is 98.7 Å². The van der Waals surface area contributed by atoms with Gasteiger partial charge in [-0.25, -0.2) is 26.3 Å². The van der Waals surface area contributed by atoms with Gasteiger partial charge in [-0.1, -0.05) is 36.4 Å². The van der Waals surface area contributed by atoms with E-state index in [9.17, 15) is 18.3 Å². The molecular weight excluding hydrogens is 918 g/mol. The van der Waals surface area contributed by atoms with Gasteiger partial charge in [0.1, 0.15) is 34.8 Å². The molecule has 0 aliphatic carbocycles. The summed E-state index contributed by atoms with van der Waals surface area (Å²) in [6.07, 6.45) is -0.865. The number of thiol groups is 1. The second kappa shape index (κ2) is 19.8. The number of alkyl carbamates (subject to hydrolysis) is 1. The second-order valence-electron chi connectivity index (χ2n) is 14.1. The topological polar surface area (TPSA) is 205 Å². The number of halogens is 1. The predicted octanol–water partition coefficient (Wildman–Crippen LogP) is 4.63. The number of methoxy groups -OCH3 is 3. The average molecular weight is 964 g/mol. The number of carbonyl (C=O) groups is 1. The lowest BCUT2D eigenvalue weighted by Crippen LogP contribution is -2.45. The standard InChI is InChI=1S/C39H46IN7O10S2/c1-39(2,3)41-38(49)57-25-29(24-48)47(58(50)51)34-20-19-33(40)35(37-42-43-44-46(37)23-28-11-17-32(56-6)18-12-28)36(34)59(52,53)45(21-26-7-13-30(54-4)14-8-26)22-27-9-15-31(55-5)16-10-27/h7-20,29,48,58H,21-25H2,1-6H3,(H,41,49)/t29-/m0/s1. The molecule has 1 atom stereocenters. The normalized spacial score (nSPS) is 12.3. The highest BCUT2D eigenvalue weighted by Gasteiger charge is 2.38. The largest absolute Gasteiger partial charge is 0.497 e. The zero-order valence-corrected chi connectivity index (χ0v) is 37.1. The molecule has 5 aromatic rings. The van der Waals surface area contributed by atoms with Crippen molar-refractivity contribution in [2.75, 3.05) is 38.8 Å². The van der Waals surface area contributed by atoms with E-state index in [1.807, 2.05) is 22.6 Å². The van der Waals surface area contributed by atoms with Gasteiger partial charge in [-0.3, -0.25) is 4.31 Å². The van der Waals surface area contributed by atoms with Crippen LogP contribution in [0.4, 0.5) is 10.5 Å². The summed E-state index contributed by atoms with van der Waals surface area (Å²) in [6, 6.07) is 22.3. The summed E-state index contributed by atoms with van der Waals surface area (Å²) in [6.45, 7) is 3.50. The summed E-state index contributed by atoms with van der Waals surface area (Å²) < 4.78 is 83.1.